The maximum Gasteiger partial charge on any atom is 0.329 e. The van der Waals surface area contributed by atoms with E-state index < -0.39 is 0 Å². The van der Waals surface area contributed by atoms with Gasteiger partial charge >= 0.3 is 6.03 Å². The van der Waals surface area contributed by atoms with Crippen molar-refractivity contribution in [3.8, 4) is 11.3 Å². The number of hydrogen-bond donors (Lipinski definition) is 1. The van der Waals surface area contributed by atoms with E-state index in [0.29, 0.717) is 17.6 Å². The fourth-order valence-electron chi connectivity index (χ4n) is 4.52. The molecule has 8 nitrogen and oxygen atoms in total. The number of nitrogens with zero attached hydrogens (tertiary/aromatic N) is 6. The highest BCUT2D eigenvalue weighted by Gasteiger charge is 2.40. The molecule has 1 aliphatic carbocycles. The Kier molecular flexibility index (Phi) is 4.12. The average molecular weight is 413 g/mol. The number of anilines is 3. The maximum atomic E-state index is 13.4. The molecule has 0 aromatic carbocycles. The predicted octanol–water partition coefficient (Wildman–Crippen LogP) is 3.75. The maximum absolute atomic E-state index is 13.4. The number of aryl methyl sites for hydroxylation is 1. The lowest BCUT2D eigenvalue weighted by Crippen LogP contribution is -2.48. The summed E-state index contributed by atoms with van der Waals surface area (Å²) in [5.74, 6) is 1.68. The summed E-state index contributed by atoms with van der Waals surface area (Å²) in [7, 11) is 0. The van der Waals surface area contributed by atoms with Crippen LogP contribution in [0.1, 0.15) is 36.6 Å². The zero-order chi connectivity index (χ0) is 20.9. The Labute approximate surface area is 180 Å². The molecule has 1 saturated carbocycles. The van der Waals surface area contributed by atoms with Crippen molar-refractivity contribution >= 4 is 23.4 Å². The van der Waals surface area contributed by atoms with Crippen molar-refractivity contribution in [1.29, 1.82) is 0 Å². The van der Waals surface area contributed by atoms with Gasteiger partial charge in [-0.1, -0.05) is 0 Å². The number of nitrogens with one attached hydrogen (secondary N) is 1. The largest absolute Gasteiger partial charge is 0.366 e. The molecule has 156 valence electrons. The SMILES string of the molecule is Cc1cc(-c2ccc3c(n2)N(C(=O)Nc2cncc(C4CC4)n2)C2CCN3C2)ccn1. The Morgan fingerprint density at radius 1 is 1.13 bits per heavy atom. The van der Waals surface area contributed by atoms with Gasteiger partial charge in [0, 0.05) is 42.7 Å². The second-order valence-corrected chi connectivity index (χ2v) is 8.52. The van der Waals surface area contributed by atoms with Crippen molar-refractivity contribution in [2.45, 2.75) is 38.1 Å². The molecular weight excluding hydrogens is 390 g/mol. The van der Waals surface area contributed by atoms with Gasteiger partial charge in [-0.05, 0) is 50.5 Å². The highest BCUT2D eigenvalue weighted by atomic mass is 16.2. The van der Waals surface area contributed by atoms with Gasteiger partial charge in [-0.3, -0.25) is 20.2 Å². The second kappa shape index (κ2) is 7.01. The minimum atomic E-state index is -0.203. The molecule has 2 aliphatic heterocycles. The Hall–Kier alpha value is -3.55. The number of aromatic nitrogens is 4. The van der Waals surface area contributed by atoms with E-state index in [2.05, 4.69) is 31.2 Å². The average Bonchev–Trinajstić information content (AvgIpc) is 3.55. The van der Waals surface area contributed by atoms with E-state index in [9.17, 15) is 4.79 Å². The molecule has 1 unspecified atom stereocenters. The lowest BCUT2D eigenvalue weighted by molar-refractivity contribution is 0.254. The molecule has 3 aromatic rings. The molecule has 8 heteroatoms. The van der Waals surface area contributed by atoms with Crippen molar-refractivity contribution in [2.24, 2.45) is 0 Å². The Bertz CT molecular complexity index is 1180. The molecule has 2 amide bonds. The second-order valence-electron chi connectivity index (χ2n) is 8.52. The van der Waals surface area contributed by atoms with E-state index in [0.717, 1.165) is 60.7 Å². The third kappa shape index (κ3) is 3.28. The summed E-state index contributed by atoms with van der Waals surface area (Å²) in [6.45, 7) is 3.71. The fraction of sp³-hybridized carbons (Fsp3) is 0.348. The first kappa shape index (κ1) is 18.2. The Morgan fingerprint density at radius 3 is 2.87 bits per heavy atom. The molecule has 1 atom stereocenters. The van der Waals surface area contributed by atoms with Crippen LogP contribution in [0.2, 0.25) is 0 Å². The first-order valence-corrected chi connectivity index (χ1v) is 10.8. The van der Waals surface area contributed by atoms with Gasteiger partial charge in [0.15, 0.2) is 11.6 Å². The van der Waals surface area contributed by atoms with E-state index in [-0.39, 0.29) is 12.1 Å². The molecule has 2 fully saturated rings. The summed E-state index contributed by atoms with van der Waals surface area (Å²) in [4.78, 5) is 35.6. The number of rotatable bonds is 3. The summed E-state index contributed by atoms with van der Waals surface area (Å²) in [6, 6.07) is 7.94. The van der Waals surface area contributed by atoms with Crippen LogP contribution in [-0.2, 0) is 0 Å². The number of pyridine rings is 2. The van der Waals surface area contributed by atoms with Gasteiger partial charge in [0.2, 0.25) is 0 Å². The first-order valence-electron chi connectivity index (χ1n) is 10.8. The third-order valence-electron chi connectivity index (χ3n) is 6.25. The van der Waals surface area contributed by atoms with E-state index in [1.54, 1.807) is 18.6 Å². The smallest absolute Gasteiger partial charge is 0.329 e. The lowest BCUT2D eigenvalue weighted by Gasteiger charge is -2.35. The van der Waals surface area contributed by atoms with Gasteiger partial charge < -0.3 is 4.90 Å². The van der Waals surface area contributed by atoms with Crippen LogP contribution in [0.15, 0.2) is 42.9 Å². The summed E-state index contributed by atoms with van der Waals surface area (Å²) >= 11 is 0. The van der Waals surface area contributed by atoms with Crippen LogP contribution in [0.3, 0.4) is 0 Å². The summed E-state index contributed by atoms with van der Waals surface area (Å²) < 4.78 is 0. The van der Waals surface area contributed by atoms with Gasteiger partial charge in [0.05, 0.1) is 29.3 Å². The minimum Gasteiger partial charge on any atom is -0.366 e. The Balaban J connectivity index is 1.35. The van der Waals surface area contributed by atoms with E-state index in [1.165, 1.54) is 0 Å². The van der Waals surface area contributed by atoms with Crippen molar-refractivity contribution < 1.29 is 4.79 Å². The molecule has 0 spiro atoms. The van der Waals surface area contributed by atoms with Crippen molar-refractivity contribution in [3.05, 3.63) is 54.2 Å². The quantitative estimate of drug-likeness (QED) is 0.704. The fourth-order valence-corrected chi connectivity index (χ4v) is 4.52. The zero-order valence-electron chi connectivity index (χ0n) is 17.3. The van der Waals surface area contributed by atoms with E-state index in [1.807, 2.05) is 30.0 Å². The topological polar surface area (TPSA) is 87.1 Å². The molecule has 3 aromatic heterocycles. The van der Waals surface area contributed by atoms with E-state index in [4.69, 9.17) is 4.98 Å². The monoisotopic (exact) mass is 413 g/mol. The van der Waals surface area contributed by atoms with Crippen LogP contribution >= 0.6 is 0 Å². The molecule has 3 aliphatic rings. The number of carbonyl (C=O) groups excluding carboxylic acids is 1. The van der Waals surface area contributed by atoms with Crippen LogP contribution in [0, 0.1) is 6.92 Å². The lowest BCUT2D eigenvalue weighted by atomic mass is 10.1. The molecule has 1 saturated heterocycles. The van der Waals surface area contributed by atoms with Crippen molar-refractivity contribution in [3.63, 3.8) is 0 Å². The number of hydrogen-bond acceptors (Lipinski definition) is 6. The van der Waals surface area contributed by atoms with E-state index >= 15 is 0 Å². The third-order valence-corrected chi connectivity index (χ3v) is 6.25. The van der Waals surface area contributed by atoms with Crippen LogP contribution < -0.4 is 15.1 Å². The number of urea groups is 1. The van der Waals surface area contributed by atoms with Gasteiger partial charge in [0.25, 0.3) is 0 Å². The van der Waals surface area contributed by atoms with Gasteiger partial charge in [-0.2, -0.15) is 0 Å². The normalized spacial score (nSPS) is 19.3. The number of amides is 2. The Morgan fingerprint density at radius 2 is 2.03 bits per heavy atom. The van der Waals surface area contributed by atoms with Crippen LogP contribution in [0.4, 0.5) is 22.1 Å². The highest BCUT2D eigenvalue weighted by molar-refractivity contribution is 6.04. The van der Waals surface area contributed by atoms with Crippen molar-refractivity contribution in [2.75, 3.05) is 28.2 Å². The van der Waals surface area contributed by atoms with Crippen LogP contribution in [0.25, 0.3) is 11.3 Å². The molecular formula is C23H23N7O. The summed E-state index contributed by atoms with van der Waals surface area (Å²) in [6.07, 6.45) is 8.40. The number of fused-ring (bicyclic) bond motifs is 4. The van der Waals surface area contributed by atoms with Crippen LogP contribution in [-0.4, -0.2) is 45.1 Å². The highest BCUT2D eigenvalue weighted by Crippen LogP contribution is 2.41. The van der Waals surface area contributed by atoms with Crippen LogP contribution in [0.5, 0.6) is 0 Å². The molecule has 2 bridgehead atoms. The zero-order valence-corrected chi connectivity index (χ0v) is 17.3. The van der Waals surface area contributed by atoms with Gasteiger partial charge in [0.1, 0.15) is 0 Å². The first-order chi connectivity index (χ1) is 15.2. The standard InChI is InChI=1S/C23H23N7O/c1-14-10-16(6-8-25-14)18-4-5-20-22(27-18)30(17-7-9-29(20)13-17)23(31)28-21-12-24-11-19(26-21)15-2-3-15/h4-6,8,10-12,15,17H,2-3,7,9,13H2,1H3,(H,26,28,31). The minimum absolute atomic E-state index is 0.0917. The predicted molar refractivity (Wildman–Crippen MR) is 118 cm³/mol. The molecule has 1 N–H and O–H groups in total. The molecule has 5 heterocycles. The molecule has 31 heavy (non-hydrogen) atoms. The van der Waals surface area contributed by atoms with Crippen molar-refractivity contribution in [1.82, 2.24) is 19.9 Å². The summed E-state index contributed by atoms with van der Waals surface area (Å²) in [5, 5.41) is 2.97. The summed E-state index contributed by atoms with van der Waals surface area (Å²) in [5.41, 5.74) is 4.71. The number of carbonyl (C=O) groups is 1. The molecule has 6 rings (SSSR count). The van der Waals surface area contributed by atoms with Gasteiger partial charge in [-0.25, -0.2) is 14.8 Å². The van der Waals surface area contributed by atoms with Gasteiger partial charge in [-0.15, -0.1) is 0 Å². The molecule has 0 radical (unpaired) electrons.